The molecule has 0 unspecified atom stereocenters. The summed E-state index contributed by atoms with van der Waals surface area (Å²) in [4.78, 5) is 0. The van der Waals surface area contributed by atoms with Crippen molar-refractivity contribution in [2.24, 2.45) is 0 Å². The first-order valence-electron chi connectivity index (χ1n) is 5.57. The lowest BCUT2D eigenvalue weighted by atomic mass is 10.2. The average Bonchev–Trinajstić information content (AvgIpc) is 2.78. The van der Waals surface area contributed by atoms with Crippen LogP contribution >= 0.6 is 38.9 Å². The highest BCUT2D eigenvalue weighted by Gasteiger charge is 2.10. The summed E-state index contributed by atoms with van der Waals surface area (Å²) in [5.41, 5.74) is 0.982. The molecule has 96 valence electrons. The van der Waals surface area contributed by atoms with E-state index in [4.69, 9.17) is 11.6 Å². The summed E-state index contributed by atoms with van der Waals surface area (Å²) >= 11 is 11.1. The first kappa shape index (κ1) is 13.9. The number of nitrogens with zero attached hydrogens (tertiary/aromatic N) is 2. The van der Waals surface area contributed by atoms with Crippen LogP contribution in [0.2, 0.25) is 5.02 Å². The molecule has 0 bridgehead atoms. The maximum Gasteiger partial charge on any atom is 0.149 e. The van der Waals surface area contributed by atoms with Gasteiger partial charge in [-0.2, -0.15) is 0 Å². The van der Waals surface area contributed by atoms with E-state index in [1.165, 1.54) is 0 Å². The van der Waals surface area contributed by atoms with Crippen molar-refractivity contribution in [1.29, 1.82) is 0 Å². The Kier molecular flexibility index (Phi) is 4.72. The largest absolute Gasteiger partial charge is 0.308 e. The predicted octanol–water partition coefficient (Wildman–Crippen LogP) is 4.12. The molecule has 0 radical (unpaired) electrons. The molecule has 0 spiro atoms. The molecule has 18 heavy (non-hydrogen) atoms. The minimum absolute atomic E-state index is 0.440. The molecule has 0 fully saturated rings. The first-order chi connectivity index (χ1) is 8.56. The van der Waals surface area contributed by atoms with Gasteiger partial charge in [-0.05, 0) is 18.2 Å². The van der Waals surface area contributed by atoms with Crippen LogP contribution in [-0.4, -0.2) is 16.2 Å². The smallest absolute Gasteiger partial charge is 0.149 e. The number of nitrogens with one attached hydrogen (secondary N) is 1. The minimum Gasteiger partial charge on any atom is -0.308 e. The lowest BCUT2D eigenvalue weighted by molar-refractivity contribution is 0.585. The van der Waals surface area contributed by atoms with Crippen LogP contribution in [0.25, 0.3) is 10.6 Å². The van der Waals surface area contributed by atoms with E-state index in [0.29, 0.717) is 11.1 Å². The van der Waals surface area contributed by atoms with Gasteiger partial charge in [0.25, 0.3) is 0 Å². The monoisotopic (exact) mass is 345 g/mol. The Balaban J connectivity index is 2.21. The third-order valence-electron chi connectivity index (χ3n) is 2.29. The fourth-order valence-corrected chi connectivity index (χ4v) is 2.95. The highest BCUT2D eigenvalue weighted by Crippen LogP contribution is 2.32. The maximum atomic E-state index is 6.00. The van der Waals surface area contributed by atoms with Crippen LogP contribution in [0.4, 0.5) is 0 Å². The molecular weight excluding hydrogens is 334 g/mol. The summed E-state index contributed by atoms with van der Waals surface area (Å²) in [6.07, 6.45) is 0. The van der Waals surface area contributed by atoms with Gasteiger partial charge < -0.3 is 5.32 Å². The highest BCUT2D eigenvalue weighted by atomic mass is 79.9. The van der Waals surface area contributed by atoms with E-state index in [1.54, 1.807) is 11.3 Å². The van der Waals surface area contributed by atoms with E-state index < -0.39 is 0 Å². The van der Waals surface area contributed by atoms with Crippen molar-refractivity contribution >= 4 is 38.9 Å². The van der Waals surface area contributed by atoms with Gasteiger partial charge >= 0.3 is 0 Å². The van der Waals surface area contributed by atoms with Gasteiger partial charge in [-0.25, -0.2) is 0 Å². The van der Waals surface area contributed by atoms with Crippen LogP contribution in [0.1, 0.15) is 18.9 Å². The molecule has 6 heteroatoms. The van der Waals surface area contributed by atoms with Crippen molar-refractivity contribution in [3.63, 3.8) is 0 Å². The summed E-state index contributed by atoms with van der Waals surface area (Å²) in [7, 11) is 0. The lowest BCUT2D eigenvalue weighted by Crippen LogP contribution is -2.21. The topological polar surface area (TPSA) is 37.8 Å². The van der Waals surface area contributed by atoms with E-state index in [2.05, 4.69) is 45.3 Å². The van der Waals surface area contributed by atoms with Crippen LogP contribution in [0, 0.1) is 0 Å². The maximum absolute atomic E-state index is 6.00. The summed E-state index contributed by atoms with van der Waals surface area (Å²) in [6, 6.07) is 6.10. The van der Waals surface area contributed by atoms with Gasteiger partial charge in [0.2, 0.25) is 0 Å². The number of hydrogen-bond donors (Lipinski definition) is 1. The second-order valence-corrected chi connectivity index (χ2v) is 6.51. The molecule has 2 aromatic rings. The van der Waals surface area contributed by atoms with Gasteiger partial charge in [-0.15, -0.1) is 10.2 Å². The van der Waals surface area contributed by atoms with Crippen molar-refractivity contribution in [3.8, 4) is 10.6 Å². The molecule has 3 nitrogen and oxygen atoms in total. The van der Waals surface area contributed by atoms with Crippen LogP contribution in [0.15, 0.2) is 22.7 Å². The third-order valence-corrected chi connectivity index (χ3v) is 4.17. The van der Waals surface area contributed by atoms with E-state index in [-0.39, 0.29) is 0 Å². The van der Waals surface area contributed by atoms with Gasteiger partial charge in [0.05, 0.1) is 0 Å². The molecule has 0 aliphatic rings. The number of benzene rings is 1. The molecule has 0 aliphatic heterocycles. The van der Waals surface area contributed by atoms with Crippen LogP contribution < -0.4 is 5.32 Å². The highest BCUT2D eigenvalue weighted by molar-refractivity contribution is 9.10. The quantitative estimate of drug-likeness (QED) is 0.905. The predicted molar refractivity (Wildman–Crippen MR) is 80.0 cm³/mol. The van der Waals surface area contributed by atoms with Gasteiger partial charge in [-0.1, -0.05) is 52.7 Å². The lowest BCUT2D eigenvalue weighted by Gasteiger charge is -2.03. The van der Waals surface area contributed by atoms with Crippen molar-refractivity contribution in [1.82, 2.24) is 15.5 Å². The summed E-state index contributed by atoms with van der Waals surface area (Å²) < 4.78 is 0.978. The van der Waals surface area contributed by atoms with Crippen molar-refractivity contribution in [2.75, 3.05) is 0 Å². The Hall–Kier alpha value is -0.490. The average molecular weight is 347 g/mol. The Morgan fingerprint density at radius 1 is 1.39 bits per heavy atom. The van der Waals surface area contributed by atoms with E-state index >= 15 is 0 Å². The van der Waals surface area contributed by atoms with E-state index in [0.717, 1.165) is 26.6 Å². The first-order valence-corrected chi connectivity index (χ1v) is 7.56. The summed E-state index contributed by atoms with van der Waals surface area (Å²) in [5, 5.41) is 14.3. The van der Waals surface area contributed by atoms with Gasteiger partial charge in [0.1, 0.15) is 10.0 Å². The van der Waals surface area contributed by atoms with Gasteiger partial charge in [-0.3, -0.25) is 0 Å². The number of rotatable bonds is 4. The molecule has 0 amide bonds. The molecule has 1 N–H and O–H groups in total. The SMILES string of the molecule is CC(C)NCc1nnc(-c2cc(Cl)ccc2Br)s1. The van der Waals surface area contributed by atoms with Crippen molar-refractivity contribution in [2.45, 2.75) is 26.4 Å². The minimum atomic E-state index is 0.440. The number of halogens is 2. The van der Waals surface area contributed by atoms with Crippen LogP contribution in [0.5, 0.6) is 0 Å². The molecule has 1 aromatic heterocycles. The third kappa shape index (κ3) is 3.51. The zero-order valence-corrected chi connectivity index (χ0v) is 13.2. The fourth-order valence-electron chi connectivity index (χ4n) is 1.39. The Bertz CT molecular complexity index is 542. The molecule has 1 heterocycles. The van der Waals surface area contributed by atoms with Gasteiger partial charge in [0, 0.05) is 27.6 Å². The normalized spacial score (nSPS) is 11.2. The van der Waals surface area contributed by atoms with Crippen molar-refractivity contribution in [3.05, 3.63) is 32.7 Å². The fraction of sp³-hybridized carbons (Fsp3) is 0.333. The zero-order valence-electron chi connectivity index (χ0n) is 10.1. The van der Waals surface area contributed by atoms with Crippen LogP contribution in [-0.2, 0) is 6.54 Å². The Morgan fingerprint density at radius 2 is 2.17 bits per heavy atom. The van der Waals surface area contributed by atoms with Crippen molar-refractivity contribution < 1.29 is 0 Å². The second-order valence-electron chi connectivity index (χ2n) is 4.16. The number of hydrogen-bond acceptors (Lipinski definition) is 4. The summed E-state index contributed by atoms with van der Waals surface area (Å²) in [5.74, 6) is 0. The summed E-state index contributed by atoms with van der Waals surface area (Å²) in [6.45, 7) is 4.96. The molecule has 2 rings (SSSR count). The molecule has 1 aromatic carbocycles. The molecule has 0 saturated heterocycles. The second kappa shape index (κ2) is 6.10. The van der Waals surface area contributed by atoms with E-state index in [1.807, 2.05) is 18.2 Å². The Morgan fingerprint density at radius 3 is 2.89 bits per heavy atom. The van der Waals surface area contributed by atoms with Crippen LogP contribution in [0.3, 0.4) is 0 Å². The van der Waals surface area contributed by atoms with Gasteiger partial charge in [0.15, 0.2) is 0 Å². The van der Waals surface area contributed by atoms with E-state index in [9.17, 15) is 0 Å². The Labute approximate surface area is 124 Å². The zero-order chi connectivity index (χ0) is 13.1. The molecule has 0 aliphatic carbocycles. The molecule has 0 saturated carbocycles. The molecule has 0 atom stereocenters. The molecular formula is C12H13BrClN3S. The number of aromatic nitrogens is 2. The standard InChI is InChI=1S/C12H13BrClN3S/c1-7(2)15-6-11-16-17-12(18-11)9-5-8(14)3-4-10(9)13/h3-5,7,15H,6H2,1-2H3.